The number of piperazine rings is 1. The number of hydrogen-bond donors (Lipinski definition) is 1. The van der Waals surface area contributed by atoms with Crippen LogP contribution in [0.5, 0.6) is 11.5 Å². The molecule has 0 unspecified atom stereocenters. The van der Waals surface area contributed by atoms with Gasteiger partial charge in [-0.3, -0.25) is 0 Å². The summed E-state index contributed by atoms with van der Waals surface area (Å²) in [6.45, 7) is 7.22. The highest BCUT2D eigenvalue weighted by molar-refractivity contribution is 5.44. The predicted octanol–water partition coefficient (Wildman–Crippen LogP) is 2.04. The van der Waals surface area contributed by atoms with Crippen LogP contribution in [-0.2, 0) is 0 Å². The van der Waals surface area contributed by atoms with Crippen molar-refractivity contribution < 1.29 is 9.47 Å². The van der Waals surface area contributed by atoms with Gasteiger partial charge in [-0.1, -0.05) is 0 Å². The Balaban J connectivity index is 1.51. The fourth-order valence-corrected chi connectivity index (χ4v) is 2.81. The van der Waals surface area contributed by atoms with Crippen LogP contribution in [0.25, 0.3) is 0 Å². The normalized spacial score (nSPS) is 15.0. The number of nitrogens with zero attached hydrogens (tertiary/aromatic N) is 4. The van der Waals surface area contributed by atoms with Crippen LogP contribution >= 0.6 is 0 Å². The molecule has 2 heterocycles. The molecule has 2 aromatic rings. The lowest BCUT2D eigenvalue weighted by Gasteiger charge is -2.32. The van der Waals surface area contributed by atoms with E-state index in [0.29, 0.717) is 13.2 Å². The molecule has 1 aromatic carbocycles. The SMILES string of the molecule is COc1ccc(OCCNc2cc(C)nc(N3CCN(C)CC3)n2)cc1. The molecule has 140 valence electrons. The topological polar surface area (TPSA) is 62.8 Å². The van der Waals surface area contributed by atoms with E-state index in [2.05, 4.69) is 32.1 Å². The van der Waals surface area contributed by atoms with E-state index < -0.39 is 0 Å². The largest absolute Gasteiger partial charge is 0.497 e. The van der Waals surface area contributed by atoms with E-state index in [0.717, 1.165) is 55.1 Å². The summed E-state index contributed by atoms with van der Waals surface area (Å²) in [5.41, 5.74) is 0.965. The number of likely N-dealkylation sites (N-methyl/N-ethyl adjacent to an activating group) is 1. The molecule has 0 spiro atoms. The summed E-state index contributed by atoms with van der Waals surface area (Å²) < 4.78 is 10.9. The minimum atomic E-state index is 0.555. The lowest BCUT2D eigenvalue weighted by Crippen LogP contribution is -2.45. The van der Waals surface area contributed by atoms with Crippen molar-refractivity contribution in [3.63, 3.8) is 0 Å². The zero-order valence-electron chi connectivity index (χ0n) is 15.7. The molecule has 3 rings (SSSR count). The summed E-state index contributed by atoms with van der Waals surface area (Å²) in [4.78, 5) is 13.8. The number of aromatic nitrogens is 2. The number of rotatable bonds is 7. The number of anilines is 2. The number of aryl methyl sites for hydroxylation is 1. The maximum atomic E-state index is 5.74. The van der Waals surface area contributed by atoms with Gasteiger partial charge in [0.25, 0.3) is 0 Å². The highest BCUT2D eigenvalue weighted by Crippen LogP contribution is 2.17. The Hall–Kier alpha value is -2.54. The zero-order valence-corrected chi connectivity index (χ0v) is 15.7. The Kier molecular flexibility index (Phi) is 6.12. The number of nitrogens with one attached hydrogen (secondary N) is 1. The van der Waals surface area contributed by atoms with Gasteiger partial charge in [0.15, 0.2) is 0 Å². The van der Waals surface area contributed by atoms with Gasteiger partial charge in [-0.2, -0.15) is 4.98 Å². The molecule has 0 amide bonds. The molecule has 0 radical (unpaired) electrons. The van der Waals surface area contributed by atoms with Crippen molar-refractivity contribution in [1.82, 2.24) is 14.9 Å². The Morgan fingerprint density at radius 2 is 1.73 bits per heavy atom. The van der Waals surface area contributed by atoms with E-state index in [1.165, 1.54) is 0 Å². The highest BCUT2D eigenvalue weighted by atomic mass is 16.5. The molecule has 0 atom stereocenters. The number of ether oxygens (including phenoxy) is 2. The van der Waals surface area contributed by atoms with Crippen LogP contribution in [0.3, 0.4) is 0 Å². The molecule has 0 saturated carbocycles. The second kappa shape index (κ2) is 8.71. The molecule has 1 saturated heterocycles. The third kappa shape index (κ3) is 4.98. The van der Waals surface area contributed by atoms with Gasteiger partial charge < -0.3 is 24.6 Å². The zero-order chi connectivity index (χ0) is 18.4. The molecule has 1 aliphatic rings. The van der Waals surface area contributed by atoms with E-state index in [4.69, 9.17) is 9.47 Å². The van der Waals surface area contributed by atoms with Gasteiger partial charge in [-0.15, -0.1) is 0 Å². The Morgan fingerprint density at radius 1 is 1.04 bits per heavy atom. The molecule has 7 nitrogen and oxygen atoms in total. The second-order valence-electron chi connectivity index (χ2n) is 6.44. The molecular weight excluding hydrogens is 330 g/mol. The van der Waals surface area contributed by atoms with Crippen molar-refractivity contribution in [2.24, 2.45) is 0 Å². The van der Waals surface area contributed by atoms with Crippen LogP contribution < -0.4 is 19.7 Å². The van der Waals surface area contributed by atoms with E-state index >= 15 is 0 Å². The van der Waals surface area contributed by atoms with Crippen LogP contribution in [0.1, 0.15) is 5.69 Å². The second-order valence-corrected chi connectivity index (χ2v) is 6.44. The van der Waals surface area contributed by atoms with Crippen molar-refractivity contribution in [3.8, 4) is 11.5 Å². The fraction of sp³-hybridized carbons (Fsp3) is 0.474. The summed E-state index contributed by atoms with van der Waals surface area (Å²) in [5, 5.41) is 3.33. The average Bonchev–Trinajstić information content (AvgIpc) is 2.66. The molecule has 1 aliphatic heterocycles. The van der Waals surface area contributed by atoms with Crippen molar-refractivity contribution >= 4 is 11.8 Å². The first-order chi connectivity index (χ1) is 12.6. The van der Waals surface area contributed by atoms with E-state index in [1.807, 2.05) is 37.3 Å². The molecule has 7 heteroatoms. The standard InChI is InChI=1S/C19H27N5O2/c1-15-14-18(22-19(21-15)24-11-9-23(2)10-12-24)20-8-13-26-17-6-4-16(25-3)5-7-17/h4-7,14H,8-13H2,1-3H3,(H,20,21,22). The Labute approximate surface area is 155 Å². The highest BCUT2D eigenvalue weighted by Gasteiger charge is 2.17. The molecule has 0 aliphatic carbocycles. The van der Waals surface area contributed by atoms with Gasteiger partial charge in [0, 0.05) is 37.9 Å². The first-order valence-electron chi connectivity index (χ1n) is 8.94. The van der Waals surface area contributed by atoms with E-state index in [1.54, 1.807) is 7.11 Å². The number of hydrogen-bond acceptors (Lipinski definition) is 7. The first kappa shape index (κ1) is 18.3. The smallest absolute Gasteiger partial charge is 0.227 e. The van der Waals surface area contributed by atoms with Crippen molar-refractivity contribution in [2.75, 3.05) is 63.7 Å². The van der Waals surface area contributed by atoms with Crippen LogP contribution in [0.2, 0.25) is 0 Å². The van der Waals surface area contributed by atoms with Gasteiger partial charge in [0.05, 0.1) is 13.7 Å². The molecule has 1 fully saturated rings. The summed E-state index contributed by atoms with van der Waals surface area (Å²) in [6, 6.07) is 9.54. The molecule has 1 aromatic heterocycles. The van der Waals surface area contributed by atoms with Gasteiger partial charge in [0.2, 0.25) is 5.95 Å². The van der Waals surface area contributed by atoms with Gasteiger partial charge in [0.1, 0.15) is 23.9 Å². The number of benzene rings is 1. The summed E-state index contributed by atoms with van der Waals surface area (Å²) >= 11 is 0. The first-order valence-corrected chi connectivity index (χ1v) is 8.94. The quantitative estimate of drug-likeness (QED) is 0.761. The minimum absolute atomic E-state index is 0.555. The molecule has 1 N–H and O–H groups in total. The minimum Gasteiger partial charge on any atom is -0.497 e. The Bertz CT molecular complexity index is 700. The maximum Gasteiger partial charge on any atom is 0.227 e. The lowest BCUT2D eigenvalue weighted by atomic mass is 10.3. The number of methoxy groups -OCH3 is 1. The van der Waals surface area contributed by atoms with Crippen molar-refractivity contribution in [3.05, 3.63) is 36.0 Å². The third-order valence-corrected chi connectivity index (χ3v) is 4.36. The van der Waals surface area contributed by atoms with Gasteiger partial charge in [-0.25, -0.2) is 4.98 Å². The summed E-state index contributed by atoms with van der Waals surface area (Å²) in [6.07, 6.45) is 0. The summed E-state index contributed by atoms with van der Waals surface area (Å²) in [5.74, 6) is 3.29. The monoisotopic (exact) mass is 357 g/mol. The molecular formula is C19H27N5O2. The van der Waals surface area contributed by atoms with Crippen LogP contribution in [-0.4, -0.2) is 68.4 Å². The lowest BCUT2D eigenvalue weighted by molar-refractivity contribution is 0.311. The average molecular weight is 357 g/mol. The Morgan fingerprint density at radius 3 is 2.42 bits per heavy atom. The molecule has 0 bridgehead atoms. The third-order valence-electron chi connectivity index (χ3n) is 4.36. The van der Waals surface area contributed by atoms with Crippen molar-refractivity contribution in [1.29, 1.82) is 0 Å². The fourth-order valence-electron chi connectivity index (χ4n) is 2.81. The van der Waals surface area contributed by atoms with E-state index in [-0.39, 0.29) is 0 Å². The predicted molar refractivity (Wildman–Crippen MR) is 103 cm³/mol. The maximum absolute atomic E-state index is 5.74. The van der Waals surface area contributed by atoms with E-state index in [9.17, 15) is 0 Å². The summed E-state index contributed by atoms with van der Waals surface area (Å²) in [7, 11) is 3.80. The van der Waals surface area contributed by atoms with Gasteiger partial charge >= 0.3 is 0 Å². The molecule has 26 heavy (non-hydrogen) atoms. The van der Waals surface area contributed by atoms with Gasteiger partial charge in [-0.05, 0) is 38.2 Å². The van der Waals surface area contributed by atoms with Crippen LogP contribution in [0.4, 0.5) is 11.8 Å². The van der Waals surface area contributed by atoms with Crippen LogP contribution in [0, 0.1) is 6.92 Å². The van der Waals surface area contributed by atoms with Crippen molar-refractivity contribution in [2.45, 2.75) is 6.92 Å². The van der Waals surface area contributed by atoms with Crippen LogP contribution in [0.15, 0.2) is 30.3 Å².